The molecule has 0 fully saturated rings. The second-order valence-corrected chi connectivity index (χ2v) is 6.56. The zero-order valence-electron chi connectivity index (χ0n) is 18.3. The molecule has 10 nitrogen and oxygen atoms in total. The molecule has 1 heterocycles. The van der Waals surface area contributed by atoms with E-state index in [9.17, 15) is 4.79 Å². The molecule has 0 saturated heterocycles. The molecule has 0 atom stereocenters. The number of hydrogen-bond acceptors (Lipinski definition) is 7. The average molecular weight is 440 g/mol. The average Bonchev–Trinajstić information content (AvgIpc) is 2.81. The van der Waals surface area contributed by atoms with Crippen molar-refractivity contribution < 1.29 is 15.7 Å². The van der Waals surface area contributed by atoms with Gasteiger partial charge in [0, 0.05) is 27.6 Å². The third-order valence-corrected chi connectivity index (χ3v) is 4.28. The van der Waals surface area contributed by atoms with Crippen LogP contribution in [0.3, 0.4) is 0 Å². The first-order chi connectivity index (χ1) is 15.4. The lowest BCUT2D eigenvalue weighted by molar-refractivity contribution is 0.0956. The number of aromatic nitrogens is 2. The Bertz CT molecular complexity index is 1110. The zero-order valence-corrected chi connectivity index (χ0v) is 18.3. The van der Waals surface area contributed by atoms with Crippen LogP contribution in [0.1, 0.15) is 30.0 Å². The van der Waals surface area contributed by atoms with Crippen LogP contribution in [0.15, 0.2) is 53.2 Å². The molecule has 2 aromatic rings. The number of ether oxygens (including phenoxy) is 2. The summed E-state index contributed by atoms with van der Waals surface area (Å²) in [5.74, 6) is 0.204. The minimum absolute atomic E-state index is 0. The molecular formula is C22H29N7O3. The van der Waals surface area contributed by atoms with Crippen LogP contribution < -0.4 is 10.8 Å². The summed E-state index contributed by atoms with van der Waals surface area (Å²) in [6.45, 7) is 2.66. The van der Waals surface area contributed by atoms with E-state index < -0.39 is 5.91 Å². The first-order valence-corrected chi connectivity index (χ1v) is 9.84. The molecule has 0 aliphatic rings. The number of methoxy groups -OCH3 is 1. The lowest BCUT2D eigenvalue weighted by Crippen LogP contribution is -2.33. The van der Waals surface area contributed by atoms with Gasteiger partial charge in [-0.2, -0.15) is 5.10 Å². The Kier molecular flexibility index (Phi) is 9.18. The van der Waals surface area contributed by atoms with E-state index in [0.29, 0.717) is 24.5 Å². The van der Waals surface area contributed by atoms with Gasteiger partial charge in [-0.15, -0.1) is 0 Å². The lowest BCUT2D eigenvalue weighted by atomic mass is 10.1. The Morgan fingerprint density at radius 3 is 2.75 bits per heavy atom. The minimum Gasteiger partial charge on any atom is -0.490 e. The number of rotatable bonds is 9. The molecule has 0 radical (unpaired) electrons. The highest BCUT2D eigenvalue weighted by atomic mass is 16.5. The SMILES string of the molecule is C/C=C(\C=NC(=N)c1cccc(CC(=N)n2nc(C(=O)NC)ccc2=N)c1)OCCOC.[HH]. The van der Waals surface area contributed by atoms with Crippen LogP contribution in [0, 0.1) is 16.2 Å². The Morgan fingerprint density at radius 1 is 1.28 bits per heavy atom. The summed E-state index contributed by atoms with van der Waals surface area (Å²) >= 11 is 0. The quantitative estimate of drug-likeness (QED) is 0.204. The number of benzene rings is 1. The molecule has 1 aromatic carbocycles. The zero-order chi connectivity index (χ0) is 23.5. The molecule has 1 aromatic heterocycles. The van der Waals surface area contributed by atoms with E-state index in [1.165, 1.54) is 25.4 Å². The van der Waals surface area contributed by atoms with E-state index >= 15 is 0 Å². The summed E-state index contributed by atoms with van der Waals surface area (Å²) < 4.78 is 11.5. The summed E-state index contributed by atoms with van der Waals surface area (Å²) in [7, 11) is 3.08. The number of hydrogen-bond donors (Lipinski definition) is 4. The van der Waals surface area contributed by atoms with Crippen molar-refractivity contribution in [2.45, 2.75) is 13.3 Å². The summed E-state index contributed by atoms with van der Waals surface area (Å²) in [5, 5.41) is 31.1. The van der Waals surface area contributed by atoms with Crippen molar-refractivity contribution in [2.75, 3.05) is 27.4 Å². The topological polar surface area (TPSA) is 149 Å². The Balaban J connectivity index is 0.00000544. The van der Waals surface area contributed by atoms with Gasteiger partial charge in [-0.25, -0.2) is 9.67 Å². The van der Waals surface area contributed by atoms with Crippen LogP contribution in [-0.4, -0.2) is 60.9 Å². The summed E-state index contributed by atoms with van der Waals surface area (Å²) in [5.41, 5.74) is 1.42. The van der Waals surface area contributed by atoms with E-state index in [1.807, 2.05) is 13.0 Å². The van der Waals surface area contributed by atoms with Crippen LogP contribution in [0.2, 0.25) is 0 Å². The van der Waals surface area contributed by atoms with Gasteiger partial charge in [0.1, 0.15) is 29.4 Å². The Hall–Kier alpha value is -3.92. The molecule has 0 bridgehead atoms. The van der Waals surface area contributed by atoms with Crippen molar-refractivity contribution in [1.82, 2.24) is 15.1 Å². The molecule has 4 N–H and O–H groups in total. The van der Waals surface area contributed by atoms with Gasteiger partial charge in [0.05, 0.1) is 12.8 Å². The minimum atomic E-state index is -0.397. The van der Waals surface area contributed by atoms with Gasteiger partial charge in [-0.05, 0) is 36.8 Å². The van der Waals surface area contributed by atoms with E-state index in [4.69, 9.17) is 25.7 Å². The summed E-state index contributed by atoms with van der Waals surface area (Å²) in [6, 6.07) is 9.94. The normalized spacial score (nSPS) is 11.4. The molecule has 170 valence electrons. The fourth-order valence-electron chi connectivity index (χ4n) is 2.62. The van der Waals surface area contributed by atoms with E-state index in [1.54, 1.807) is 31.4 Å². The maximum atomic E-state index is 11.8. The van der Waals surface area contributed by atoms with Crippen molar-refractivity contribution in [1.29, 1.82) is 16.2 Å². The predicted octanol–water partition coefficient (Wildman–Crippen LogP) is 2.00. The number of nitrogens with one attached hydrogen (secondary N) is 4. The van der Waals surface area contributed by atoms with E-state index in [-0.39, 0.29) is 30.7 Å². The van der Waals surface area contributed by atoms with Crippen LogP contribution >= 0.6 is 0 Å². The molecule has 0 aliphatic carbocycles. The monoisotopic (exact) mass is 439 g/mol. The second kappa shape index (κ2) is 12.1. The Labute approximate surface area is 187 Å². The van der Waals surface area contributed by atoms with Crippen LogP contribution in [0.25, 0.3) is 0 Å². The van der Waals surface area contributed by atoms with Gasteiger partial charge in [-0.1, -0.05) is 18.2 Å². The summed E-state index contributed by atoms with van der Waals surface area (Å²) in [4.78, 5) is 16.0. The van der Waals surface area contributed by atoms with Crippen molar-refractivity contribution in [3.8, 4) is 0 Å². The maximum Gasteiger partial charge on any atom is 0.271 e. The molecule has 2 rings (SSSR count). The van der Waals surface area contributed by atoms with Crippen LogP contribution in [-0.2, 0) is 15.9 Å². The molecule has 0 saturated carbocycles. The molecule has 32 heavy (non-hydrogen) atoms. The van der Waals surface area contributed by atoms with Crippen LogP contribution in [0.4, 0.5) is 0 Å². The number of aliphatic imine (C=N–C) groups is 1. The Morgan fingerprint density at radius 2 is 2.06 bits per heavy atom. The molecule has 0 aliphatic heterocycles. The van der Waals surface area contributed by atoms with Gasteiger partial charge >= 0.3 is 0 Å². The smallest absolute Gasteiger partial charge is 0.271 e. The number of carbonyl (C=O) groups excluding carboxylic acids is 1. The molecule has 0 unspecified atom stereocenters. The number of allylic oxidation sites excluding steroid dienone is 2. The van der Waals surface area contributed by atoms with Gasteiger partial charge in [0.15, 0.2) is 5.84 Å². The fraction of sp³-hybridized carbons (Fsp3) is 0.273. The summed E-state index contributed by atoms with van der Waals surface area (Å²) in [6.07, 6.45) is 3.38. The van der Waals surface area contributed by atoms with Gasteiger partial charge < -0.3 is 14.8 Å². The highest BCUT2D eigenvalue weighted by Crippen LogP contribution is 2.09. The first kappa shape index (κ1) is 24.4. The van der Waals surface area contributed by atoms with Crippen LogP contribution in [0.5, 0.6) is 0 Å². The van der Waals surface area contributed by atoms with Gasteiger partial charge in [0.2, 0.25) is 0 Å². The standard InChI is InChI=1S/C22H27N7O3.H2/c1-4-17(32-11-10-31-3)14-27-21(25)16-7-5-6-15(12-16)13-20(24)29-19(23)9-8-18(28-29)22(30)26-2;/h4-9,12,14,23-25H,10-11,13H2,1-3H3,(H,26,30);1H/b17-4+,23-19?,24-20?,25-21?,27-14?;. The third kappa shape index (κ3) is 6.81. The van der Waals surface area contributed by atoms with E-state index in [0.717, 1.165) is 10.2 Å². The number of nitrogens with zero attached hydrogens (tertiary/aromatic N) is 3. The van der Waals surface area contributed by atoms with E-state index in [2.05, 4.69) is 15.4 Å². The molecule has 1 amide bonds. The number of amidine groups is 1. The van der Waals surface area contributed by atoms with Gasteiger partial charge in [0.25, 0.3) is 5.91 Å². The first-order valence-electron chi connectivity index (χ1n) is 9.84. The van der Waals surface area contributed by atoms with Crippen molar-refractivity contribution in [3.63, 3.8) is 0 Å². The largest absolute Gasteiger partial charge is 0.490 e. The predicted molar refractivity (Wildman–Crippen MR) is 124 cm³/mol. The maximum absolute atomic E-state index is 11.8. The highest BCUT2D eigenvalue weighted by Gasteiger charge is 2.11. The molecule has 0 spiro atoms. The second-order valence-electron chi connectivity index (χ2n) is 6.56. The van der Waals surface area contributed by atoms with Crippen molar-refractivity contribution >= 4 is 23.8 Å². The highest BCUT2D eigenvalue weighted by molar-refractivity contribution is 6.03. The fourth-order valence-corrected chi connectivity index (χ4v) is 2.62. The third-order valence-electron chi connectivity index (χ3n) is 4.28. The van der Waals surface area contributed by atoms with Crippen molar-refractivity contribution in [2.24, 2.45) is 4.99 Å². The van der Waals surface area contributed by atoms with Gasteiger partial charge in [-0.3, -0.25) is 21.0 Å². The number of amides is 1. The van der Waals surface area contributed by atoms with Crippen molar-refractivity contribution in [3.05, 3.63) is 70.5 Å². The molecule has 10 heteroatoms. The number of carbonyl (C=O) groups is 1. The molecular weight excluding hydrogens is 410 g/mol. The lowest BCUT2D eigenvalue weighted by Gasteiger charge is -2.10.